The molecule has 1 heterocycles. The number of benzene rings is 2. The molecule has 3 rings (SSSR count). The summed E-state index contributed by atoms with van der Waals surface area (Å²) in [5.41, 5.74) is 6.82. The summed E-state index contributed by atoms with van der Waals surface area (Å²) < 4.78 is 0. The van der Waals surface area contributed by atoms with Gasteiger partial charge in [-0.3, -0.25) is 4.79 Å². The number of fused-ring (bicyclic) bond motifs is 1. The molecule has 2 aromatic rings. The van der Waals surface area contributed by atoms with Crippen LogP contribution in [0.3, 0.4) is 0 Å². The average Bonchev–Trinajstić information content (AvgIpc) is 2.88. The fourth-order valence-corrected chi connectivity index (χ4v) is 3.29. The molecule has 1 saturated heterocycles. The van der Waals surface area contributed by atoms with Crippen LogP contribution in [0.5, 0.6) is 0 Å². The molecule has 110 valence electrons. The Bertz CT molecular complexity index is 652. The van der Waals surface area contributed by atoms with Crippen LogP contribution in [0, 0.1) is 5.92 Å². The molecular formula is C18H22N2O. The van der Waals surface area contributed by atoms with E-state index < -0.39 is 0 Å². The second-order valence-electron chi connectivity index (χ2n) is 6.09. The summed E-state index contributed by atoms with van der Waals surface area (Å²) >= 11 is 0. The molecule has 0 bridgehead atoms. The van der Waals surface area contributed by atoms with E-state index in [9.17, 15) is 4.79 Å². The van der Waals surface area contributed by atoms with Crippen LogP contribution < -0.4 is 5.73 Å². The summed E-state index contributed by atoms with van der Waals surface area (Å²) in [5.74, 6) is 0.675. The first-order chi connectivity index (χ1) is 10.2. The van der Waals surface area contributed by atoms with Crippen LogP contribution in [0.15, 0.2) is 42.5 Å². The van der Waals surface area contributed by atoms with Gasteiger partial charge in [-0.15, -0.1) is 0 Å². The zero-order valence-electron chi connectivity index (χ0n) is 12.5. The summed E-state index contributed by atoms with van der Waals surface area (Å²) in [7, 11) is 0. The third-order valence-corrected chi connectivity index (χ3v) is 4.48. The van der Waals surface area contributed by atoms with Crippen molar-refractivity contribution in [3.8, 4) is 0 Å². The van der Waals surface area contributed by atoms with E-state index in [2.05, 4.69) is 37.3 Å². The van der Waals surface area contributed by atoms with Crippen molar-refractivity contribution < 1.29 is 4.79 Å². The van der Waals surface area contributed by atoms with Gasteiger partial charge in [-0.05, 0) is 42.1 Å². The molecule has 1 aliphatic heterocycles. The first kappa shape index (κ1) is 14.1. The maximum Gasteiger partial charge on any atom is 0.227 e. The van der Waals surface area contributed by atoms with Crippen molar-refractivity contribution in [3.63, 3.8) is 0 Å². The van der Waals surface area contributed by atoms with Gasteiger partial charge >= 0.3 is 0 Å². The van der Waals surface area contributed by atoms with Gasteiger partial charge in [-0.1, -0.05) is 42.5 Å². The summed E-state index contributed by atoms with van der Waals surface area (Å²) in [4.78, 5) is 14.5. The molecule has 2 N–H and O–H groups in total. The highest BCUT2D eigenvalue weighted by Crippen LogP contribution is 2.23. The van der Waals surface area contributed by atoms with Gasteiger partial charge in [0.15, 0.2) is 0 Å². The van der Waals surface area contributed by atoms with Crippen LogP contribution in [-0.2, 0) is 11.2 Å². The summed E-state index contributed by atoms with van der Waals surface area (Å²) in [6, 6.07) is 14.8. The van der Waals surface area contributed by atoms with Crippen LogP contribution in [0.4, 0.5) is 0 Å². The van der Waals surface area contributed by atoms with E-state index in [0.29, 0.717) is 24.9 Å². The van der Waals surface area contributed by atoms with E-state index in [4.69, 9.17) is 5.73 Å². The lowest BCUT2D eigenvalue weighted by Crippen LogP contribution is -2.35. The fraction of sp³-hybridized carbons (Fsp3) is 0.389. The molecule has 3 heteroatoms. The van der Waals surface area contributed by atoms with E-state index in [0.717, 1.165) is 18.5 Å². The minimum absolute atomic E-state index is 0.216. The Labute approximate surface area is 125 Å². The van der Waals surface area contributed by atoms with Crippen LogP contribution >= 0.6 is 0 Å². The number of hydrogen-bond donors (Lipinski definition) is 1. The van der Waals surface area contributed by atoms with E-state index >= 15 is 0 Å². The minimum atomic E-state index is 0.216. The molecule has 0 saturated carbocycles. The monoisotopic (exact) mass is 282 g/mol. The van der Waals surface area contributed by atoms with E-state index in [1.54, 1.807) is 0 Å². The number of rotatable bonds is 3. The molecule has 0 aromatic heterocycles. The quantitative estimate of drug-likeness (QED) is 0.940. The lowest BCUT2D eigenvalue weighted by atomic mass is 10.0. The molecule has 1 aliphatic rings. The third-order valence-electron chi connectivity index (χ3n) is 4.48. The van der Waals surface area contributed by atoms with Gasteiger partial charge in [0.05, 0.1) is 6.42 Å². The van der Waals surface area contributed by atoms with Crippen molar-refractivity contribution in [2.75, 3.05) is 13.1 Å². The zero-order valence-corrected chi connectivity index (χ0v) is 12.5. The van der Waals surface area contributed by atoms with Crippen LogP contribution in [0.25, 0.3) is 10.8 Å². The highest BCUT2D eigenvalue weighted by Gasteiger charge is 2.31. The SMILES string of the molecule is CC1CC(CN)CN1C(=O)Cc1ccc2ccccc2c1. The minimum Gasteiger partial charge on any atom is -0.339 e. The summed E-state index contributed by atoms with van der Waals surface area (Å²) in [6.45, 7) is 3.60. The number of hydrogen-bond acceptors (Lipinski definition) is 2. The Morgan fingerprint density at radius 2 is 2.00 bits per heavy atom. The smallest absolute Gasteiger partial charge is 0.227 e. The van der Waals surface area contributed by atoms with Gasteiger partial charge in [0.2, 0.25) is 5.91 Å². The first-order valence-corrected chi connectivity index (χ1v) is 7.64. The molecule has 2 unspecified atom stereocenters. The third kappa shape index (κ3) is 2.93. The van der Waals surface area contributed by atoms with Crippen LogP contribution in [-0.4, -0.2) is 29.9 Å². The van der Waals surface area contributed by atoms with E-state index in [1.165, 1.54) is 10.8 Å². The lowest BCUT2D eigenvalue weighted by Gasteiger charge is -2.21. The van der Waals surface area contributed by atoms with Crippen molar-refractivity contribution in [3.05, 3.63) is 48.0 Å². The molecular weight excluding hydrogens is 260 g/mol. The van der Waals surface area contributed by atoms with Gasteiger partial charge in [0.1, 0.15) is 0 Å². The maximum atomic E-state index is 12.5. The number of amides is 1. The van der Waals surface area contributed by atoms with Crippen molar-refractivity contribution in [1.29, 1.82) is 0 Å². The van der Waals surface area contributed by atoms with Crippen molar-refractivity contribution in [1.82, 2.24) is 4.90 Å². The van der Waals surface area contributed by atoms with Crippen molar-refractivity contribution in [2.24, 2.45) is 11.7 Å². The lowest BCUT2D eigenvalue weighted by molar-refractivity contribution is -0.131. The van der Waals surface area contributed by atoms with E-state index in [1.807, 2.05) is 17.0 Å². The van der Waals surface area contributed by atoms with E-state index in [-0.39, 0.29) is 5.91 Å². The van der Waals surface area contributed by atoms with Crippen molar-refractivity contribution >= 4 is 16.7 Å². The molecule has 2 aromatic carbocycles. The highest BCUT2D eigenvalue weighted by atomic mass is 16.2. The zero-order chi connectivity index (χ0) is 14.8. The number of nitrogens with zero attached hydrogens (tertiary/aromatic N) is 1. The average molecular weight is 282 g/mol. The topological polar surface area (TPSA) is 46.3 Å². The molecule has 21 heavy (non-hydrogen) atoms. The fourth-order valence-electron chi connectivity index (χ4n) is 3.29. The Morgan fingerprint density at radius 3 is 2.71 bits per heavy atom. The second kappa shape index (κ2) is 5.86. The molecule has 0 spiro atoms. The molecule has 1 fully saturated rings. The Balaban J connectivity index is 1.74. The van der Waals surface area contributed by atoms with Crippen LogP contribution in [0.1, 0.15) is 18.9 Å². The molecule has 0 aliphatic carbocycles. The standard InChI is InChI=1S/C18H22N2O/c1-13-8-15(11-19)12-20(13)18(21)10-14-6-7-16-4-2-3-5-17(16)9-14/h2-7,9,13,15H,8,10-12,19H2,1H3. The first-order valence-electron chi connectivity index (χ1n) is 7.64. The van der Waals surface area contributed by atoms with Gasteiger partial charge in [-0.25, -0.2) is 0 Å². The highest BCUT2D eigenvalue weighted by molar-refractivity contribution is 5.85. The van der Waals surface area contributed by atoms with Gasteiger partial charge in [0, 0.05) is 12.6 Å². The molecule has 1 amide bonds. The van der Waals surface area contributed by atoms with Crippen LogP contribution in [0.2, 0.25) is 0 Å². The molecule has 3 nitrogen and oxygen atoms in total. The maximum absolute atomic E-state index is 12.5. The number of carbonyl (C=O) groups is 1. The predicted molar refractivity (Wildman–Crippen MR) is 86.0 cm³/mol. The van der Waals surface area contributed by atoms with Gasteiger partial charge in [0.25, 0.3) is 0 Å². The van der Waals surface area contributed by atoms with Gasteiger partial charge < -0.3 is 10.6 Å². The number of nitrogens with two attached hydrogens (primary N) is 1. The Morgan fingerprint density at radius 1 is 1.24 bits per heavy atom. The van der Waals surface area contributed by atoms with Crippen molar-refractivity contribution in [2.45, 2.75) is 25.8 Å². The van der Waals surface area contributed by atoms with Gasteiger partial charge in [-0.2, -0.15) is 0 Å². The summed E-state index contributed by atoms with van der Waals surface area (Å²) in [6.07, 6.45) is 1.51. The second-order valence-corrected chi connectivity index (χ2v) is 6.09. The largest absolute Gasteiger partial charge is 0.339 e. The Kier molecular flexibility index (Phi) is 3.93. The Hall–Kier alpha value is -1.87. The normalized spacial score (nSPS) is 21.9. The molecule has 0 radical (unpaired) electrons. The number of likely N-dealkylation sites (tertiary alicyclic amines) is 1. The summed E-state index contributed by atoms with van der Waals surface area (Å²) in [5, 5.41) is 2.41. The number of carbonyl (C=O) groups excluding carboxylic acids is 1. The predicted octanol–water partition coefficient (Wildman–Crippen LogP) is 2.58. The molecule has 2 atom stereocenters.